The highest BCUT2D eigenvalue weighted by molar-refractivity contribution is 5.73. The molecule has 0 aromatic carbocycles. The van der Waals surface area contributed by atoms with E-state index in [9.17, 15) is 65.8 Å². The van der Waals surface area contributed by atoms with E-state index in [4.69, 9.17) is 33.2 Å². The van der Waals surface area contributed by atoms with Crippen molar-refractivity contribution in [2.45, 2.75) is 143 Å². The number of nitrogens with one attached hydrogen (secondary N) is 2. The Kier molecular flexibility index (Phi) is 14.2. The van der Waals surface area contributed by atoms with Crippen molar-refractivity contribution in [1.82, 2.24) is 10.6 Å². The largest absolute Gasteiger partial charge is 0.394 e. The molecule has 4 rings (SSSR count). The summed E-state index contributed by atoms with van der Waals surface area (Å²) in [6.45, 7) is 0.985. The van der Waals surface area contributed by atoms with Gasteiger partial charge in [0, 0.05) is 13.8 Å². The minimum Gasteiger partial charge on any atom is -0.394 e. The first kappa shape index (κ1) is 41.0. The number of hydrogen-bond acceptors (Lipinski definition) is 20. The normalized spacial score (nSPS) is 48.5. The number of aliphatic hydroxyl groups excluding tert-OH is 11. The first-order chi connectivity index (χ1) is 23.5. The third-order valence-corrected chi connectivity index (χ3v) is 8.97. The first-order valence-corrected chi connectivity index (χ1v) is 15.9. The van der Waals surface area contributed by atoms with Crippen molar-refractivity contribution < 1.29 is 98.9 Å². The first-order valence-electron chi connectivity index (χ1n) is 15.9. The fourth-order valence-electron chi connectivity index (χ4n) is 6.29. The maximum atomic E-state index is 12.3. The number of amides is 2. The van der Waals surface area contributed by atoms with Crippen LogP contribution in [0.3, 0.4) is 0 Å². The molecule has 0 bridgehead atoms. The SMILES string of the molecule is CC(=O)NC1C(OC2C(CO)OC(O)C(NC(C)=O)C2OC2OC(C)C(O)C(O)C2O)OC(CO)C(OC2OC(CO)C(O)C(O)C2O)C1O. The van der Waals surface area contributed by atoms with Crippen LogP contribution in [0.5, 0.6) is 0 Å². The smallest absolute Gasteiger partial charge is 0.217 e. The van der Waals surface area contributed by atoms with E-state index < -0.39 is 154 Å². The van der Waals surface area contributed by atoms with Crippen LogP contribution in [0.4, 0.5) is 0 Å². The van der Waals surface area contributed by atoms with Crippen LogP contribution in [0.25, 0.3) is 0 Å². The molecular weight excluding hydrogens is 684 g/mol. The van der Waals surface area contributed by atoms with E-state index in [2.05, 4.69) is 10.6 Å². The molecule has 0 aliphatic carbocycles. The predicted octanol–water partition coefficient (Wildman–Crippen LogP) is -8.43. The molecule has 4 fully saturated rings. The zero-order valence-electron chi connectivity index (χ0n) is 27.3. The standard InChI is InChI=1S/C28H48N2O20/c1-7-15(36)18(39)20(41)27(44-7)50-24-14(30-9(3)35)25(43)45-12(6-33)23(24)49-26-13(29-8(2)34)17(38)22(11(5-32)47-26)48-28-21(42)19(40)16(37)10(4-31)46-28/h7,10-28,31-33,36-43H,4-6H2,1-3H3,(H,29,34)(H,30,35). The molecule has 50 heavy (non-hydrogen) atoms. The fourth-order valence-corrected chi connectivity index (χ4v) is 6.29. The summed E-state index contributed by atoms with van der Waals surface area (Å²) in [5, 5.41) is 119. The van der Waals surface area contributed by atoms with Gasteiger partial charge in [-0.2, -0.15) is 0 Å². The van der Waals surface area contributed by atoms with Crippen LogP contribution in [0.15, 0.2) is 0 Å². The molecule has 4 aliphatic heterocycles. The van der Waals surface area contributed by atoms with E-state index in [1.165, 1.54) is 6.92 Å². The summed E-state index contributed by atoms with van der Waals surface area (Å²) in [4.78, 5) is 24.5. The van der Waals surface area contributed by atoms with Gasteiger partial charge in [-0.15, -0.1) is 0 Å². The van der Waals surface area contributed by atoms with Crippen molar-refractivity contribution in [3.63, 3.8) is 0 Å². The molecule has 20 unspecified atom stereocenters. The number of carbonyl (C=O) groups excluding carboxylic acids is 2. The number of rotatable bonds is 11. The van der Waals surface area contributed by atoms with Gasteiger partial charge in [-0.05, 0) is 6.92 Å². The maximum absolute atomic E-state index is 12.3. The third kappa shape index (κ3) is 8.70. The third-order valence-electron chi connectivity index (χ3n) is 8.97. The van der Waals surface area contributed by atoms with Crippen molar-refractivity contribution in [2.24, 2.45) is 0 Å². The van der Waals surface area contributed by atoms with Gasteiger partial charge in [0.15, 0.2) is 25.2 Å². The van der Waals surface area contributed by atoms with Crippen molar-refractivity contribution in [1.29, 1.82) is 0 Å². The van der Waals surface area contributed by atoms with Gasteiger partial charge in [-0.1, -0.05) is 0 Å². The molecule has 13 N–H and O–H groups in total. The van der Waals surface area contributed by atoms with Crippen LogP contribution in [-0.2, 0) is 42.7 Å². The van der Waals surface area contributed by atoms with Crippen LogP contribution in [0.1, 0.15) is 20.8 Å². The van der Waals surface area contributed by atoms with E-state index in [-0.39, 0.29) is 0 Å². The van der Waals surface area contributed by atoms with Crippen molar-refractivity contribution in [3.05, 3.63) is 0 Å². The highest BCUT2D eigenvalue weighted by Crippen LogP contribution is 2.34. The molecule has 0 radical (unpaired) electrons. The Bertz CT molecular complexity index is 1120. The molecule has 4 heterocycles. The second-order valence-corrected chi connectivity index (χ2v) is 12.6. The molecule has 22 nitrogen and oxygen atoms in total. The van der Waals surface area contributed by atoms with Gasteiger partial charge in [-0.3, -0.25) is 9.59 Å². The van der Waals surface area contributed by atoms with Crippen LogP contribution in [-0.4, -0.2) is 211 Å². The molecule has 0 saturated carbocycles. The molecule has 2 amide bonds. The number of ether oxygens (including phenoxy) is 7. The monoisotopic (exact) mass is 732 g/mol. The Hall–Kier alpha value is -1.78. The highest BCUT2D eigenvalue weighted by atomic mass is 16.8. The Balaban J connectivity index is 1.66. The fraction of sp³-hybridized carbons (Fsp3) is 0.929. The molecule has 22 heteroatoms. The van der Waals surface area contributed by atoms with E-state index in [1.807, 2.05) is 0 Å². The molecule has 0 aromatic rings. The zero-order valence-corrected chi connectivity index (χ0v) is 27.3. The summed E-state index contributed by atoms with van der Waals surface area (Å²) in [5.41, 5.74) is 0. The molecule has 0 spiro atoms. The average molecular weight is 733 g/mol. The van der Waals surface area contributed by atoms with Crippen LogP contribution in [0.2, 0.25) is 0 Å². The Morgan fingerprint density at radius 3 is 1.54 bits per heavy atom. The van der Waals surface area contributed by atoms with Gasteiger partial charge < -0.3 is 100.0 Å². The lowest BCUT2D eigenvalue weighted by molar-refractivity contribution is -0.373. The van der Waals surface area contributed by atoms with Crippen molar-refractivity contribution in [2.75, 3.05) is 19.8 Å². The quantitative estimate of drug-likeness (QED) is 0.0938. The summed E-state index contributed by atoms with van der Waals surface area (Å²) < 4.78 is 40.0. The van der Waals surface area contributed by atoms with Gasteiger partial charge in [0.05, 0.1) is 25.9 Å². The summed E-state index contributed by atoms with van der Waals surface area (Å²) >= 11 is 0. The van der Waals surface area contributed by atoms with Crippen molar-refractivity contribution in [3.8, 4) is 0 Å². The summed E-state index contributed by atoms with van der Waals surface area (Å²) in [5.74, 6) is -1.44. The Labute approximate surface area is 285 Å². The second-order valence-electron chi connectivity index (χ2n) is 12.6. The zero-order chi connectivity index (χ0) is 37.2. The molecule has 4 aliphatic rings. The average Bonchev–Trinajstić information content (AvgIpc) is 3.07. The summed E-state index contributed by atoms with van der Waals surface area (Å²) in [7, 11) is 0. The predicted molar refractivity (Wildman–Crippen MR) is 156 cm³/mol. The second kappa shape index (κ2) is 17.4. The molecule has 0 aromatic heterocycles. The molecule has 290 valence electrons. The lowest BCUT2D eigenvalue weighted by Gasteiger charge is -2.50. The van der Waals surface area contributed by atoms with Gasteiger partial charge in [-0.25, -0.2) is 0 Å². The van der Waals surface area contributed by atoms with Crippen LogP contribution < -0.4 is 10.6 Å². The van der Waals surface area contributed by atoms with Gasteiger partial charge in [0.2, 0.25) is 11.8 Å². The molecule has 20 atom stereocenters. The highest BCUT2D eigenvalue weighted by Gasteiger charge is 2.56. The van der Waals surface area contributed by atoms with E-state index in [0.717, 1.165) is 13.8 Å². The minimum atomic E-state index is -1.91. The molecule has 4 saturated heterocycles. The summed E-state index contributed by atoms with van der Waals surface area (Å²) in [6.07, 6.45) is -30.0. The number of carbonyl (C=O) groups is 2. The van der Waals surface area contributed by atoms with E-state index in [1.54, 1.807) is 0 Å². The van der Waals surface area contributed by atoms with Crippen LogP contribution in [0, 0.1) is 0 Å². The van der Waals surface area contributed by atoms with E-state index in [0.29, 0.717) is 0 Å². The minimum absolute atomic E-state index is 0.699. The van der Waals surface area contributed by atoms with E-state index >= 15 is 0 Å². The summed E-state index contributed by atoms with van der Waals surface area (Å²) in [6, 6.07) is -3.11. The van der Waals surface area contributed by atoms with Crippen molar-refractivity contribution >= 4 is 11.8 Å². The van der Waals surface area contributed by atoms with Gasteiger partial charge in [0.1, 0.15) is 91.4 Å². The number of hydrogen-bond donors (Lipinski definition) is 13. The maximum Gasteiger partial charge on any atom is 0.217 e. The Morgan fingerprint density at radius 1 is 0.520 bits per heavy atom. The lowest BCUT2D eigenvalue weighted by Crippen LogP contribution is -2.71. The van der Waals surface area contributed by atoms with Gasteiger partial charge >= 0.3 is 0 Å². The topological polar surface area (TPSA) is 345 Å². The Morgan fingerprint density at radius 2 is 0.980 bits per heavy atom. The molecular formula is C28H48N2O20. The van der Waals surface area contributed by atoms with Crippen LogP contribution >= 0.6 is 0 Å². The van der Waals surface area contributed by atoms with Gasteiger partial charge in [0.25, 0.3) is 0 Å². The number of aliphatic hydroxyl groups is 11. The lowest BCUT2D eigenvalue weighted by atomic mass is 9.93.